The topological polar surface area (TPSA) is 86.2 Å². The molecule has 1 aromatic carbocycles. The van der Waals surface area contributed by atoms with Gasteiger partial charge in [-0.25, -0.2) is 15.0 Å². The third-order valence-corrected chi connectivity index (χ3v) is 7.93. The number of nitrogens with zero attached hydrogens (tertiary/aromatic N) is 3. The largest absolute Gasteiger partial charge is 0.497 e. The molecule has 0 bridgehead atoms. The monoisotopic (exact) mass is 480 g/mol. The van der Waals surface area contributed by atoms with Gasteiger partial charge in [-0.2, -0.15) is 0 Å². The molecule has 0 spiro atoms. The molecule has 0 aliphatic carbocycles. The van der Waals surface area contributed by atoms with Gasteiger partial charge in [-0.05, 0) is 51.1 Å². The second-order valence-corrected chi connectivity index (χ2v) is 10.9. The summed E-state index contributed by atoms with van der Waals surface area (Å²) in [5, 5.41) is 4.41. The zero-order chi connectivity index (χ0) is 23.2. The van der Waals surface area contributed by atoms with Crippen LogP contribution in [0.25, 0.3) is 20.4 Å². The number of pyridine rings is 1. The summed E-state index contributed by atoms with van der Waals surface area (Å²) in [5.74, 6) is 0.653. The smallest absolute Gasteiger partial charge is 0.237 e. The highest BCUT2D eigenvalue weighted by molar-refractivity contribution is 8.00. The number of fused-ring (bicyclic) bond motifs is 4. The van der Waals surface area contributed by atoms with Gasteiger partial charge in [0.1, 0.15) is 21.9 Å². The SMILES string of the molecule is COc1ccc(NC(=O)C(C)Sc2ncnc3c2sc2nc4c(cc23)COC(C)(C)C4)cc1. The molecule has 33 heavy (non-hydrogen) atoms. The van der Waals surface area contributed by atoms with Crippen molar-refractivity contribution in [2.24, 2.45) is 0 Å². The Morgan fingerprint density at radius 2 is 2.06 bits per heavy atom. The molecule has 1 amide bonds. The molecule has 7 nitrogen and oxygen atoms in total. The molecule has 1 aliphatic heterocycles. The molecule has 0 saturated carbocycles. The average molecular weight is 481 g/mol. The number of nitrogens with one attached hydrogen (secondary N) is 1. The number of hydrogen-bond donors (Lipinski definition) is 1. The van der Waals surface area contributed by atoms with Crippen LogP contribution in [0.1, 0.15) is 32.0 Å². The van der Waals surface area contributed by atoms with Gasteiger partial charge in [-0.15, -0.1) is 11.3 Å². The van der Waals surface area contributed by atoms with Crippen molar-refractivity contribution in [1.29, 1.82) is 0 Å². The van der Waals surface area contributed by atoms with Gasteiger partial charge in [0.15, 0.2) is 0 Å². The quantitative estimate of drug-likeness (QED) is 0.310. The number of amides is 1. The number of thioether (sulfide) groups is 1. The van der Waals surface area contributed by atoms with Crippen LogP contribution in [-0.2, 0) is 22.6 Å². The first-order valence-electron chi connectivity index (χ1n) is 10.6. The summed E-state index contributed by atoms with van der Waals surface area (Å²) in [6.07, 6.45) is 2.34. The Morgan fingerprint density at radius 3 is 2.82 bits per heavy atom. The fraction of sp³-hybridized carbons (Fsp3) is 0.333. The molecule has 0 saturated heterocycles. The first-order valence-corrected chi connectivity index (χ1v) is 12.3. The van der Waals surface area contributed by atoms with Crippen molar-refractivity contribution < 1.29 is 14.3 Å². The van der Waals surface area contributed by atoms with Crippen LogP contribution < -0.4 is 10.1 Å². The molecule has 4 heterocycles. The molecular weight excluding hydrogens is 456 g/mol. The first kappa shape index (κ1) is 22.1. The van der Waals surface area contributed by atoms with E-state index in [-0.39, 0.29) is 16.8 Å². The number of ether oxygens (including phenoxy) is 2. The normalized spacial score (nSPS) is 15.9. The maximum absolute atomic E-state index is 12.8. The van der Waals surface area contributed by atoms with Crippen molar-refractivity contribution in [2.45, 2.75) is 49.7 Å². The maximum atomic E-state index is 12.8. The van der Waals surface area contributed by atoms with Gasteiger partial charge in [0, 0.05) is 23.1 Å². The summed E-state index contributed by atoms with van der Waals surface area (Å²) in [4.78, 5) is 27.7. The van der Waals surface area contributed by atoms with Crippen molar-refractivity contribution in [2.75, 3.05) is 12.4 Å². The number of aromatic nitrogens is 3. The number of anilines is 1. The number of thiophene rings is 1. The lowest BCUT2D eigenvalue weighted by Crippen LogP contribution is -2.32. The minimum atomic E-state index is -0.342. The molecule has 5 rings (SSSR count). The van der Waals surface area contributed by atoms with Crippen LogP contribution in [0.2, 0.25) is 0 Å². The van der Waals surface area contributed by atoms with Crippen molar-refractivity contribution in [3.63, 3.8) is 0 Å². The molecule has 9 heteroatoms. The number of carbonyl (C=O) groups excluding carboxylic acids is 1. The van der Waals surface area contributed by atoms with E-state index in [0.717, 1.165) is 54.6 Å². The summed E-state index contributed by atoms with van der Waals surface area (Å²) in [6, 6.07) is 9.42. The van der Waals surface area contributed by atoms with Crippen molar-refractivity contribution in [1.82, 2.24) is 15.0 Å². The van der Waals surface area contributed by atoms with Gasteiger partial charge in [0.05, 0.1) is 40.5 Å². The van der Waals surface area contributed by atoms with Crippen LogP contribution >= 0.6 is 23.1 Å². The average Bonchev–Trinajstić information content (AvgIpc) is 3.16. The minimum absolute atomic E-state index is 0.0917. The van der Waals surface area contributed by atoms with Crippen LogP contribution in [0, 0.1) is 0 Å². The third-order valence-electron chi connectivity index (χ3n) is 5.61. The van der Waals surface area contributed by atoms with E-state index in [9.17, 15) is 4.79 Å². The van der Waals surface area contributed by atoms with E-state index in [1.807, 2.05) is 31.2 Å². The number of hydrogen-bond acceptors (Lipinski definition) is 8. The summed E-state index contributed by atoms with van der Waals surface area (Å²) < 4.78 is 12.1. The number of carbonyl (C=O) groups is 1. The lowest BCUT2D eigenvalue weighted by Gasteiger charge is -2.30. The van der Waals surface area contributed by atoms with Gasteiger partial charge in [0.25, 0.3) is 0 Å². The first-order chi connectivity index (χ1) is 15.8. The second-order valence-electron chi connectivity index (χ2n) is 8.61. The van der Waals surface area contributed by atoms with Crippen molar-refractivity contribution in [3.05, 3.63) is 47.9 Å². The zero-order valence-corrected chi connectivity index (χ0v) is 20.5. The zero-order valence-electron chi connectivity index (χ0n) is 18.8. The third kappa shape index (κ3) is 4.40. The molecular formula is C24H24N4O3S2. The number of benzene rings is 1. The number of rotatable bonds is 5. The fourth-order valence-corrected chi connectivity index (χ4v) is 5.88. The van der Waals surface area contributed by atoms with E-state index in [4.69, 9.17) is 14.5 Å². The van der Waals surface area contributed by atoms with Gasteiger partial charge in [-0.1, -0.05) is 11.8 Å². The van der Waals surface area contributed by atoms with E-state index in [1.165, 1.54) is 11.8 Å². The molecule has 1 N–H and O–H groups in total. The Labute approximate surface area is 199 Å². The standard InChI is InChI=1S/C24H24N4O3S2/c1-13(21(29)27-15-5-7-16(30-4)8-6-15)32-23-20-19(25-12-26-23)17-9-14-11-31-24(2,3)10-18(14)28-22(17)33-20/h5-9,12-13H,10-11H2,1-4H3,(H,27,29). The highest BCUT2D eigenvalue weighted by Crippen LogP contribution is 2.39. The highest BCUT2D eigenvalue weighted by Gasteiger charge is 2.28. The van der Waals surface area contributed by atoms with E-state index < -0.39 is 0 Å². The van der Waals surface area contributed by atoms with Gasteiger partial charge < -0.3 is 14.8 Å². The molecule has 0 fully saturated rings. The van der Waals surface area contributed by atoms with Crippen LogP contribution in [0.5, 0.6) is 5.75 Å². The number of methoxy groups -OCH3 is 1. The van der Waals surface area contributed by atoms with Crippen molar-refractivity contribution in [3.8, 4) is 5.75 Å². The van der Waals surface area contributed by atoms with E-state index in [2.05, 4.69) is 35.2 Å². The molecule has 1 unspecified atom stereocenters. The van der Waals surface area contributed by atoms with Gasteiger partial charge in [-0.3, -0.25) is 4.79 Å². The van der Waals surface area contributed by atoms with Gasteiger partial charge in [0.2, 0.25) is 5.91 Å². The highest BCUT2D eigenvalue weighted by atomic mass is 32.2. The Morgan fingerprint density at radius 1 is 1.27 bits per heavy atom. The Balaban J connectivity index is 1.41. The second kappa shape index (κ2) is 8.55. The fourth-order valence-electron chi connectivity index (χ4n) is 3.79. The summed E-state index contributed by atoms with van der Waals surface area (Å²) in [5.41, 5.74) is 3.58. The van der Waals surface area contributed by atoms with Gasteiger partial charge >= 0.3 is 0 Å². The maximum Gasteiger partial charge on any atom is 0.237 e. The lowest BCUT2D eigenvalue weighted by atomic mass is 9.95. The molecule has 1 aliphatic rings. The lowest BCUT2D eigenvalue weighted by molar-refractivity contribution is -0.115. The summed E-state index contributed by atoms with van der Waals surface area (Å²) in [7, 11) is 1.61. The van der Waals surface area contributed by atoms with Crippen LogP contribution in [0.4, 0.5) is 5.69 Å². The van der Waals surface area contributed by atoms with Crippen LogP contribution in [-0.4, -0.2) is 38.8 Å². The van der Waals surface area contributed by atoms with Crippen molar-refractivity contribution >= 4 is 55.1 Å². The van der Waals surface area contributed by atoms with Crippen LogP contribution in [0.15, 0.2) is 41.7 Å². The molecule has 0 radical (unpaired) electrons. The molecule has 170 valence electrons. The Bertz CT molecular complexity index is 1350. The Kier molecular flexibility index (Phi) is 5.72. The Hall–Kier alpha value is -2.75. The minimum Gasteiger partial charge on any atom is -0.497 e. The predicted octanol–water partition coefficient (Wildman–Crippen LogP) is 5.22. The molecule has 3 aromatic heterocycles. The van der Waals surface area contributed by atoms with E-state index in [1.54, 1.807) is 24.8 Å². The van der Waals surface area contributed by atoms with E-state index >= 15 is 0 Å². The van der Waals surface area contributed by atoms with Crippen LogP contribution in [0.3, 0.4) is 0 Å². The predicted molar refractivity (Wildman–Crippen MR) is 132 cm³/mol. The summed E-state index contributed by atoms with van der Waals surface area (Å²) in [6.45, 7) is 6.61. The molecule has 1 atom stereocenters. The molecule has 4 aromatic rings. The van der Waals surface area contributed by atoms with E-state index in [0.29, 0.717) is 6.61 Å². The summed E-state index contributed by atoms with van der Waals surface area (Å²) >= 11 is 3.01.